The van der Waals surface area contributed by atoms with Crippen LogP contribution in [0.25, 0.3) is 0 Å². The standard InChI is InChI=1S/C15H14N2O2/c1-10(18)11-5-4-6-12(9-11)15(19)17-14-8-3-2-7-13(14)16/h2-9H,16H2,1H3,(H,17,19). The maximum absolute atomic E-state index is 12.1. The van der Waals surface area contributed by atoms with E-state index in [1.54, 1.807) is 48.5 Å². The van der Waals surface area contributed by atoms with Crippen molar-refractivity contribution in [3.05, 3.63) is 59.7 Å². The number of hydrogen-bond acceptors (Lipinski definition) is 3. The van der Waals surface area contributed by atoms with Gasteiger partial charge in [-0.15, -0.1) is 0 Å². The molecule has 0 unspecified atom stereocenters. The SMILES string of the molecule is CC(=O)c1cccc(C(=O)Nc2ccccc2N)c1. The van der Waals surface area contributed by atoms with E-state index in [1.807, 2.05) is 0 Å². The van der Waals surface area contributed by atoms with Crippen molar-refractivity contribution in [3.63, 3.8) is 0 Å². The zero-order chi connectivity index (χ0) is 13.8. The molecule has 0 aliphatic carbocycles. The van der Waals surface area contributed by atoms with Gasteiger partial charge in [-0.1, -0.05) is 24.3 Å². The van der Waals surface area contributed by atoms with Gasteiger partial charge < -0.3 is 11.1 Å². The molecule has 0 saturated carbocycles. The molecule has 0 aromatic heterocycles. The molecule has 0 heterocycles. The van der Waals surface area contributed by atoms with E-state index in [1.165, 1.54) is 6.92 Å². The molecular weight excluding hydrogens is 240 g/mol. The van der Waals surface area contributed by atoms with Gasteiger partial charge in [0.1, 0.15) is 0 Å². The predicted molar refractivity (Wildman–Crippen MR) is 75.3 cm³/mol. The molecule has 0 fully saturated rings. The van der Waals surface area contributed by atoms with Crippen molar-refractivity contribution < 1.29 is 9.59 Å². The van der Waals surface area contributed by atoms with Gasteiger partial charge in [-0.2, -0.15) is 0 Å². The highest BCUT2D eigenvalue weighted by Crippen LogP contribution is 2.18. The monoisotopic (exact) mass is 254 g/mol. The number of anilines is 2. The number of hydrogen-bond donors (Lipinski definition) is 2. The number of rotatable bonds is 3. The summed E-state index contributed by atoms with van der Waals surface area (Å²) in [4.78, 5) is 23.3. The van der Waals surface area contributed by atoms with E-state index >= 15 is 0 Å². The Labute approximate surface area is 111 Å². The molecule has 96 valence electrons. The van der Waals surface area contributed by atoms with Gasteiger partial charge >= 0.3 is 0 Å². The van der Waals surface area contributed by atoms with Crippen LogP contribution in [0, 0.1) is 0 Å². The van der Waals surface area contributed by atoms with Gasteiger partial charge in [-0.3, -0.25) is 9.59 Å². The lowest BCUT2D eigenvalue weighted by Gasteiger charge is -2.08. The molecular formula is C15H14N2O2. The molecule has 2 aromatic rings. The molecule has 1 amide bonds. The van der Waals surface area contributed by atoms with Crippen molar-refractivity contribution in [2.75, 3.05) is 11.1 Å². The largest absolute Gasteiger partial charge is 0.397 e. The number of nitrogen functional groups attached to an aromatic ring is 1. The lowest BCUT2D eigenvalue weighted by atomic mass is 10.1. The molecule has 0 aliphatic heterocycles. The van der Waals surface area contributed by atoms with E-state index in [4.69, 9.17) is 5.73 Å². The molecule has 0 bridgehead atoms. The summed E-state index contributed by atoms with van der Waals surface area (Å²) in [5.41, 5.74) is 7.75. The highest BCUT2D eigenvalue weighted by molar-refractivity contribution is 6.07. The molecule has 0 atom stereocenters. The highest BCUT2D eigenvalue weighted by atomic mass is 16.1. The van der Waals surface area contributed by atoms with E-state index in [0.717, 1.165) is 0 Å². The van der Waals surface area contributed by atoms with Crippen LogP contribution in [0.2, 0.25) is 0 Å². The van der Waals surface area contributed by atoms with Crippen molar-refractivity contribution in [2.45, 2.75) is 6.92 Å². The summed E-state index contributed by atoms with van der Waals surface area (Å²) >= 11 is 0. The van der Waals surface area contributed by atoms with Gasteiger partial charge in [0, 0.05) is 11.1 Å². The first-order chi connectivity index (χ1) is 9.08. The molecule has 2 rings (SSSR count). The molecule has 0 saturated heterocycles. The number of amides is 1. The normalized spacial score (nSPS) is 9.95. The summed E-state index contributed by atoms with van der Waals surface area (Å²) in [5, 5.41) is 2.72. The van der Waals surface area contributed by atoms with Crippen LogP contribution in [0.15, 0.2) is 48.5 Å². The van der Waals surface area contributed by atoms with Gasteiger partial charge in [0.2, 0.25) is 0 Å². The first-order valence-corrected chi connectivity index (χ1v) is 5.85. The Kier molecular flexibility index (Phi) is 3.61. The first-order valence-electron chi connectivity index (χ1n) is 5.85. The van der Waals surface area contributed by atoms with Gasteiger partial charge in [-0.25, -0.2) is 0 Å². The highest BCUT2D eigenvalue weighted by Gasteiger charge is 2.09. The van der Waals surface area contributed by atoms with Crippen LogP contribution >= 0.6 is 0 Å². The Hall–Kier alpha value is -2.62. The molecule has 3 N–H and O–H groups in total. The maximum Gasteiger partial charge on any atom is 0.255 e. The Morgan fingerprint density at radius 3 is 2.37 bits per heavy atom. The third-order valence-electron chi connectivity index (χ3n) is 2.74. The van der Waals surface area contributed by atoms with Crippen LogP contribution < -0.4 is 11.1 Å². The Morgan fingerprint density at radius 1 is 1.00 bits per heavy atom. The fourth-order valence-corrected chi connectivity index (χ4v) is 1.68. The number of carbonyl (C=O) groups excluding carboxylic acids is 2. The van der Waals surface area contributed by atoms with E-state index in [2.05, 4.69) is 5.32 Å². The Bertz CT molecular complexity index is 636. The molecule has 4 nitrogen and oxygen atoms in total. The minimum atomic E-state index is -0.291. The Balaban J connectivity index is 2.23. The van der Waals surface area contributed by atoms with Crippen LogP contribution in [-0.4, -0.2) is 11.7 Å². The van der Waals surface area contributed by atoms with Crippen LogP contribution in [0.3, 0.4) is 0 Å². The number of benzene rings is 2. The second-order valence-corrected chi connectivity index (χ2v) is 4.18. The summed E-state index contributed by atoms with van der Waals surface area (Å²) in [6.45, 7) is 1.46. The summed E-state index contributed by atoms with van der Waals surface area (Å²) in [6.07, 6.45) is 0. The summed E-state index contributed by atoms with van der Waals surface area (Å²) in [6, 6.07) is 13.6. The molecule has 4 heteroatoms. The zero-order valence-electron chi connectivity index (χ0n) is 10.5. The molecule has 0 aliphatic rings. The average Bonchev–Trinajstić information content (AvgIpc) is 2.41. The van der Waals surface area contributed by atoms with Crippen LogP contribution in [-0.2, 0) is 0 Å². The molecule has 0 radical (unpaired) electrons. The minimum Gasteiger partial charge on any atom is -0.397 e. The van der Waals surface area contributed by atoms with Crippen molar-refractivity contribution in [1.82, 2.24) is 0 Å². The topological polar surface area (TPSA) is 72.2 Å². The van der Waals surface area contributed by atoms with Crippen LogP contribution in [0.5, 0.6) is 0 Å². The predicted octanol–water partition coefficient (Wildman–Crippen LogP) is 2.72. The van der Waals surface area contributed by atoms with Crippen molar-refractivity contribution in [3.8, 4) is 0 Å². The summed E-state index contributed by atoms with van der Waals surface area (Å²) in [5.74, 6) is -0.366. The van der Waals surface area contributed by atoms with Crippen molar-refractivity contribution >= 4 is 23.1 Å². The van der Waals surface area contributed by atoms with Gasteiger partial charge in [0.25, 0.3) is 5.91 Å². The third-order valence-corrected chi connectivity index (χ3v) is 2.74. The smallest absolute Gasteiger partial charge is 0.255 e. The fraction of sp³-hybridized carbons (Fsp3) is 0.0667. The molecule has 2 aromatic carbocycles. The van der Waals surface area contributed by atoms with E-state index < -0.39 is 0 Å². The number of ketones is 1. The lowest BCUT2D eigenvalue weighted by Crippen LogP contribution is -2.13. The molecule has 19 heavy (non-hydrogen) atoms. The number of carbonyl (C=O) groups is 2. The van der Waals surface area contributed by atoms with Crippen LogP contribution in [0.4, 0.5) is 11.4 Å². The van der Waals surface area contributed by atoms with Crippen molar-refractivity contribution in [2.24, 2.45) is 0 Å². The lowest BCUT2D eigenvalue weighted by molar-refractivity contribution is 0.101. The summed E-state index contributed by atoms with van der Waals surface area (Å²) in [7, 11) is 0. The van der Waals surface area contributed by atoms with E-state index in [9.17, 15) is 9.59 Å². The zero-order valence-corrected chi connectivity index (χ0v) is 10.5. The maximum atomic E-state index is 12.1. The van der Waals surface area contributed by atoms with E-state index in [0.29, 0.717) is 22.5 Å². The second-order valence-electron chi connectivity index (χ2n) is 4.18. The number of nitrogens with two attached hydrogens (primary N) is 1. The number of para-hydroxylation sites is 2. The fourth-order valence-electron chi connectivity index (χ4n) is 1.68. The number of Topliss-reactive ketones (excluding diaryl/α,β-unsaturated/α-hetero) is 1. The van der Waals surface area contributed by atoms with E-state index in [-0.39, 0.29) is 11.7 Å². The van der Waals surface area contributed by atoms with Crippen molar-refractivity contribution in [1.29, 1.82) is 0 Å². The van der Waals surface area contributed by atoms with Gasteiger partial charge in [0.15, 0.2) is 5.78 Å². The number of nitrogens with one attached hydrogen (secondary N) is 1. The first kappa shape index (κ1) is 12.8. The van der Waals surface area contributed by atoms with Gasteiger partial charge in [-0.05, 0) is 31.2 Å². The van der Waals surface area contributed by atoms with Gasteiger partial charge in [0.05, 0.1) is 11.4 Å². The molecule has 0 spiro atoms. The second kappa shape index (κ2) is 5.35. The minimum absolute atomic E-state index is 0.0751. The average molecular weight is 254 g/mol. The van der Waals surface area contributed by atoms with Crippen LogP contribution in [0.1, 0.15) is 27.6 Å². The summed E-state index contributed by atoms with van der Waals surface area (Å²) < 4.78 is 0. The Morgan fingerprint density at radius 2 is 1.68 bits per heavy atom. The third kappa shape index (κ3) is 2.98. The quantitative estimate of drug-likeness (QED) is 0.653.